The van der Waals surface area contributed by atoms with Gasteiger partial charge in [-0.15, -0.1) is 0 Å². The Morgan fingerprint density at radius 3 is 2.64 bits per heavy atom. The highest BCUT2D eigenvalue weighted by Crippen LogP contribution is 2.20. The fourth-order valence-corrected chi connectivity index (χ4v) is 2.45. The van der Waals surface area contributed by atoms with Crippen LogP contribution in [0.15, 0.2) is 48.5 Å². The second-order valence-corrected chi connectivity index (χ2v) is 5.41. The number of carbonyl (C=O) groups is 1. The lowest BCUT2D eigenvalue weighted by Crippen LogP contribution is -2.23. The van der Waals surface area contributed by atoms with Crippen LogP contribution in [0.4, 0.5) is 4.39 Å². The van der Waals surface area contributed by atoms with Gasteiger partial charge in [0.05, 0.1) is 19.7 Å². The molecule has 5 nitrogen and oxygen atoms in total. The number of fused-ring (bicyclic) bond motifs is 1. The van der Waals surface area contributed by atoms with Gasteiger partial charge in [0.25, 0.3) is 5.91 Å². The number of hydrogen-bond acceptors (Lipinski definition) is 4. The largest absolute Gasteiger partial charge is 0.497 e. The molecule has 0 bridgehead atoms. The monoisotopic (exact) mass is 340 g/mol. The summed E-state index contributed by atoms with van der Waals surface area (Å²) in [4.78, 5) is 16.6. The van der Waals surface area contributed by atoms with Crippen LogP contribution in [0.2, 0.25) is 0 Å². The van der Waals surface area contributed by atoms with Crippen LogP contribution in [0.25, 0.3) is 10.9 Å². The summed E-state index contributed by atoms with van der Waals surface area (Å²) >= 11 is 0. The average Bonchev–Trinajstić information content (AvgIpc) is 2.65. The molecule has 0 saturated heterocycles. The maximum Gasteiger partial charge on any atom is 0.270 e. The van der Waals surface area contributed by atoms with Gasteiger partial charge in [0.2, 0.25) is 0 Å². The molecule has 0 saturated carbocycles. The first kappa shape index (κ1) is 16.7. The van der Waals surface area contributed by atoms with Crippen molar-refractivity contribution in [2.45, 2.75) is 6.54 Å². The van der Waals surface area contributed by atoms with Crippen molar-refractivity contribution in [2.24, 2.45) is 0 Å². The summed E-state index contributed by atoms with van der Waals surface area (Å²) in [5, 5.41) is 3.62. The molecule has 1 N–H and O–H groups in total. The quantitative estimate of drug-likeness (QED) is 0.774. The Bertz CT molecular complexity index is 928. The Balaban J connectivity index is 1.72. The second kappa shape index (κ2) is 7.17. The second-order valence-electron chi connectivity index (χ2n) is 5.41. The van der Waals surface area contributed by atoms with Gasteiger partial charge in [0.1, 0.15) is 11.4 Å². The molecule has 0 aliphatic carbocycles. The van der Waals surface area contributed by atoms with Gasteiger partial charge in [-0.05, 0) is 42.0 Å². The fourth-order valence-electron chi connectivity index (χ4n) is 2.45. The number of aromatic nitrogens is 1. The molecule has 0 radical (unpaired) electrons. The molecule has 2 aromatic carbocycles. The number of nitrogens with one attached hydrogen (secondary N) is 1. The molecule has 128 valence electrons. The van der Waals surface area contributed by atoms with Crippen molar-refractivity contribution >= 4 is 16.8 Å². The Morgan fingerprint density at radius 1 is 1.08 bits per heavy atom. The molecule has 25 heavy (non-hydrogen) atoms. The molecule has 0 fully saturated rings. The summed E-state index contributed by atoms with van der Waals surface area (Å²) in [6.07, 6.45) is 0. The molecule has 3 aromatic rings. The van der Waals surface area contributed by atoms with E-state index >= 15 is 0 Å². The van der Waals surface area contributed by atoms with Gasteiger partial charge in [-0.25, -0.2) is 9.37 Å². The van der Waals surface area contributed by atoms with Crippen molar-refractivity contribution in [3.8, 4) is 11.5 Å². The topological polar surface area (TPSA) is 60.5 Å². The molecule has 0 unspecified atom stereocenters. The van der Waals surface area contributed by atoms with E-state index in [2.05, 4.69) is 10.3 Å². The van der Waals surface area contributed by atoms with Crippen LogP contribution in [0.5, 0.6) is 11.5 Å². The minimum absolute atomic E-state index is 0.168. The Hall–Kier alpha value is -3.15. The van der Waals surface area contributed by atoms with E-state index in [4.69, 9.17) is 9.47 Å². The maximum atomic E-state index is 13.7. The highest BCUT2D eigenvalue weighted by atomic mass is 19.1. The molecule has 1 aromatic heterocycles. The van der Waals surface area contributed by atoms with Crippen LogP contribution in [-0.4, -0.2) is 25.1 Å². The average molecular weight is 340 g/mol. The SMILES string of the molecule is COc1ccc2nc(C(=O)NCc3ccc(OC)c(F)c3)ccc2c1. The summed E-state index contributed by atoms with van der Waals surface area (Å²) in [6.45, 7) is 0.197. The summed E-state index contributed by atoms with van der Waals surface area (Å²) in [6, 6.07) is 13.4. The summed E-state index contributed by atoms with van der Waals surface area (Å²) in [5.74, 6) is 0.107. The molecular weight excluding hydrogens is 323 g/mol. The van der Waals surface area contributed by atoms with Crippen LogP contribution >= 0.6 is 0 Å². The van der Waals surface area contributed by atoms with E-state index in [-0.39, 0.29) is 18.2 Å². The lowest BCUT2D eigenvalue weighted by Gasteiger charge is -2.08. The smallest absolute Gasteiger partial charge is 0.270 e. The predicted molar refractivity (Wildman–Crippen MR) is 92.4 cm³/mol. The number of rotatable bonds is 5. The minimum atomic E-state index is -0.466. The maximum absolute atomic E-state index is 13.7. The third kappa shape index (κ3) is 3.68. The van der Waals surface area contributed by atoms with E-state index in [9.17, 15) is 9.18 Å². The van der Waals surface area contributed by atoms with Crippen molar-refractivity contribution < 1.29 is 18.7 Å². The van der Waals surface area contributed by atoms with Crippen molar-refractivity contribution in [2.75, 3.05) is 14.2 Å². The standard InChI is InChI=1S/C19H17FN2O3/c1-24-14-5-7-16-13(10-14)4-6-17(22-16)19(23)21-11-12-3-8-18(25-2)15(20)9-12/h3-10H,11H2,1-2H3,(H,21,23). The fraction of sp³-hybridized carbons (Fsp3) is 0.158. The van der Waals surface area contributed by atoms with Crippen LogP contribution in [0.3, 0.4) is 0 Å². The lowest BCUT2D eigenvalue weighted by atomic mass is 10.2. The zero-order chi connectivity index (χ0) is 17.8. The van der Waals surface area contributed by atoms with E-state index in [0.29, 0.717) is 16.8 Å². The molecule has 0 spiro atoms. The first-order valence-corrected chi connectivity index (χ1v) is 7.66. The van der Waals surface area contributed by atoms with Gasteiger partial charge in [0.15, 0.2) is 11.6 Å². The van der Waals surface area contributed by atoms with Gasteiger partial charge in [-0.3, -0.25) is 4.79 Å². The van der Waals surface area contributed by atoms with Gasteiger partial charge in [0, 0.05) is 11.9 Å². The molecular formula is C19H17FN2O3. The molecule has 1 heterocycles. The normalized spacial score (nSPS) is 10.5. The van der Waals surface area contributed by atoms with E-state index in [1.807, 2.05) is 12.1 Å². The number of amides is 1. The highest BCUT2D eigenvalue weighted by molar-refractivity contribution is 5.95. The van der Waals surface area contributed by atoms with E-state index in [1.165, 1.54) is 19.2 Å². The number of benzene rings is 2. The number of halogens is 1. The highest BCUT2D eigenvalue weighted by Gasteiger charge is 2.10. The van der Waals surface area contributed by atoms with E-state index < -0.39 is 5.82 Å². The number of hydrogen-bond donors (Lipinski definition) is 1. The molecule has 0 aliphatic heterocycles. The van der Waals surface area contributed by atoms with Crippen LogP contribution in [0, 0.1) is 5.82 Å². The first-order chi connectivity index (χ1) is 12.1. The van der Waals surface area contributed by atoms with Crippen LogP contribution in [0.1, 0.15) is 16.1 Å². The van der Waals surface area contributed by atoms with Gasteiger partial charge in [-0.1, -0.05) is 12.1 Å². The van der Waals surface area contributed by atoms with Crippen LogP contribution in [-0.2, 0) is 6.54 Å². The van der Waals surface area contributed by atoms with E-state index in [1.54, 1.807) is 31.4 Å². The molecule has 0 aliphatic rings. The Labute approximate surface area is 144 Å². The molecule has 3 rings (SSSR count). The predicted octanol–water partition coefficient (Wildman–Crippen LogP) is 3.32. The van der Waals surface area contributed by atoms with Crippen molar-refractivity contribution in [3.05, 3.63) is 65.6 Å². The Morgan fingerprint density at radius 2 is 1.92 bits per heavy atom. The summed E-state index contributed by atoms with van der Waals surface area (Å²) in [5.41, 5.74) is 1.63. The van der Waals surface area contributed by atoms with Gasteiger partial charge >= 0.3 is 0 Å². The number of methoxy groups -OCH3 is 2. The summed E-state index contributed by atoms with van der Waals surface area (Å²) in [7, 11) is 3.00. The van der Waals surface area contributed by atoms with Crippen molar-refractivity contribution in [1.29, 1.82) is 0 Å². The van der Waals surface area contributed by atoms with Gasteiger partial charge < -0.3 is 14.8 Å². The zero-order valence-corrected chi connectivity index (χ0v) is 13.9. The third-order valence-electron chi connectivity index (χ3n) is 3.80. The zero-order valence-electron chi connectivity index (χ0n) is 13.9. The number of pyridine rings is 1. The van der Waals surface area contributed by atoms with Crippen molar-refractivity contribution in [3.63, 3.8) is 0 Å². The summed E-state index contributed by atoms with van der Waals surface area (Å²) < 4.78 is 23.7. The molecule has 1 amide bonds. The number of ether oxygens (including phenoxy) is 2. The molecule has 0 atom stereocenters. The van der Waals surface area contributed by atoms with Gasteiger partial charge in [-0.2, -0.15) is 0 Å². The number of nitrogens with zero attached hydrogens (tertiary/aromatic N) is 1. The lowest BCUT2D eigenvalue weighted by molar-refractivity contribution is 0.0946. The number of carbonyl (C=O) groups excluding carboxylic acids is 1. The van der Waals surface area contributed by atoms with E-state index in [0.717, 1.165) is 11.1 Å². The minimum Gasteiger partial charge on any atom is -0.497 e. The van der Waals surface area contributed by atoms with Crippen LogP contribution < -0.4 is 14.8 Å². The molecule has 6 heteroatoms. The third-order valence-corrected chi connectivity index (χ3v) is 3.80. The first-order valence-electron chi connectivity index (χ1n) is 7.66. The Kier molecular flexibility index (Phi) is 4.79. The van der Waals surface area contributed by atoms with Crippen molar-refractivity contribution in [1.82, 2.24) is 10.3 Å².